The van der Waals surface area contributed by atoms with E-state index >= 15 is 0 Å². The van der Waals surface area contributed by atoms with Crippen molar-refractivity contribution in [1.82, 2.24) is 20.1 Å². The number of aromatic amines is 1. The normalized spacial score (nSPS) is 17.2. The molecule has 1 N–H and O–H groups in total. The van der Waals surface area contributed by atoms with E-state index in [1.807, 2.05) is 0 Å². The third-order valence-electron chi connectivity index (χ3n) is 4.13. The standard InChI is InChI=1S/C16H22N4O/c1-12(20-8-3-4-9-20)13-6-5-7-14(10-13)16-17-15(11-21-2)18-19-16/h5-7,10,12H,3-4,8-9,11H2,1-2H3,(H,17,18,19)/t12-/m1/s1. The summed E-state index contributed by atoms with van der Waals surface area (Å²) in [5.74, 6) is 1.49. The maximum absolute atomic E-state index is 5.07. The summed E-state index contributed by atoms with van der Waals surface area (Å²) in [4.78, 5) is 7.00. The molecule has 3 rings (SSSR count). The number of aromatic nitrogens is 3. The number of hydrogen-bond donors (Lipinski definition) is 1. The topological polar surface area (TPSA) is 54.0 Å². The van der Waals surface area contributed by atoms with Crippen LogP contribution in [0.25, 0.3) is 11.4 Å². The summed E-state index contributed by atoms with van der Waals surface area (Å²) in [6, 6.07) is 8.98. The van der Waals surface area contributed by atoms with Crippen LogP contribution in [0.1, 0.15) is 37.2 Å². The van der Waals surface area contributed by atoms with Crippen molar-refractivity contribution in [3.63, 3.8) is 0 Å². The largest absolute Gasteiger partial charge is 0.377 e. The Labute approximate surface area is 125 Å². The van der Waals surface area contributed by atoms with Gasteiger partial charge in [-0.15, -0.1) is 0 Å². The summed E-state index contributed by atoms with van der Waals surface area (Å²) >= 11 is 0. The van der Waals surface area contributed by atoms with Gasteiger partial charge in [-0.1, -0.05) is 18.2 Å². The minimum Gasteiger partial charge on any atom is -0.377 e. The van der Waals surface area contributed by atoms with Crippen molar-refractivity contribution in [2.75, 3.05) is 20.2 Å². The molecule has 1 saturated heterocycles. The second kappa shape index (κ2) is 6.37. The fourth-order valence-electron chi connectivity index (χ4n) is 2.90. The Kier molecular flexibility index (Phi) is 4.31. The van der Waals surface area contributed by atoms with E-state index in [0.717, 1.165) is 17.2 Å². The summed E-state index contributed by atoms with van der Waals surface area (Å²) in [7, 11) is 1.65. The molecule has 0 saturated carbocycles. The first-order valence-electron chi connectivity index (χ1n) is 7.52. The van der Waals surface area contributed by atoms with Gasteiger partial charge in [-0.05, 0) is 44.5 Å². The predicted molar refractivity (Wildman–Crippen MR) is 81.8 cm³/mol. The summed E-state index contributed by atoms with van der Waals surface area (Å²) < 4.78 is 5.07. The number of nitrogens with zero attached hydrogens (tertiary/aromatic N) is 3. The molecule has 5 nitrogen and oxygen atoms in total. The lowest BCUT2D eigenvalue weighted by molar-refractivity contribution is 0.178. The van der Waals surface area contributed by atoms with Crippen molar-refractivity contribution < 1.29 is 4.74 Å². The smallest absolute Gasteiger partial charge is 0.181 e. The molecule has 1 aliphatic rings. The van der Waals surface area contributed by atoms with Gasteiger partial charge in [0.25, 0.3) is 0 Å². The quantitative estimate of drug-likeness (QED) is 0.918. The van der Waals surface area contributed by atoms with Crippen molar-refractivity contribution in [2.24, 2.45) is 0 Å². The third kappa shape index (κ3) is 3.14. The number of methoxy groups -OCH3 is 1. The molecule has 0 amide bonds. The zero-order valence-corrected chi connectivity index (χ0v) is 12.7. The molecule has 0 radical (unpaired) electrons. The van der Waals surface area contributed by atoms with Crippen molar-refractivity contribution in [3.05, 3.63) is 35.7 Å². The van der Waals surface area contributed by atoms with Crippen molar-refractivity contribution >= 4 is 0 Å². The summed E-state index contributed by atoms with van der Waals surface area (Å²) in [6.45, 7) is 5.13. The maximum Gasteiger partial charge on any atom is 0.181 e. The molecule has 1 aromatic carbocycles. The van der Waals surface area contributed by atoms with Gasteiger partial charge in [-0.25, -0.2) is 4.98 Å². The van der Waals surface area contributed by atoms with Crippen molar-refractivity contribution in [2.45, 2.75) is 32.4 Å². The Morgan fingerprint density at radius 1 is 1.33 bits per heavy atom. The van der Waals surface area contributed by atoms with E-state index in [9.17, 15) is 0 Å². The highest BCUT2D eigenvalue weighted by atomic mass is 16.5. The first-order chi connectivity index (χ1) is 10.3. The van der Waals surface area contributed by atoms with E-state index in [2.05, 4.69) is 51.3 Å². The van der Waals surface area contributed by atoms with E-state index in [4.69, 9.17) is 4.74 Å². The Morgan fingerprint density at radius 3 is 2.90 bits per heavy atom. The number of nitrogens with one attached hydrogen (secondary N) is 1. The molecule has 112 valence electrons. The van der Waals surface area contributed by atoms with Crippen LogP contribution in [0.2, 0.25) is 0 Å². The molecule has 0 aliphatic carbocycles. The van der Waals surface area contributed by atoms with Gasteiger partial charge in [0, 0.05) is 18.7 Å². The third-order valence-corrected chi connectivity index (χ3v) is 4.13. The number of hydrogen-bond acceptors (Lipinski definition) is 4. The van der Waals surface area contributed by atoms with Gasteiger partial charge in [0.05, 0.1) is 0 Å². The van der Waals surface area contributed by atoms with Gasteiger partial charge >= 0.3 is 0 Å². The Balaban J connectivity index is 1.81. The molecule has 0 bridgehead atoms. The van der Waals surface area contributed by atoms with E-state index in [1.165, 1.54) is 31.5 Å². The fraction of sp³-hybridized carbons (Fsp3) is 0.500. The molecule has 21 heavy (non-hydrogen) atoms. The van der Waals surface area contributed by atoms with E-state index in [1.54, 1.807) is 7.11 Å². The second-order valence-corrected chi connectivity index (χ2v) is 5.58. The number of benzene rings is 1. The number of H-pyrrole nitrogens is 1. The Bertz CT molecular complexity index is 589. The number of ether oxygens (including phenoxy) is 1. The molecule has 5 heteroatoms. The minimum atomic E-state index is 0.449. The second-order valence-electron chi connectivity index (χ2n) is 5.58. The average molecular weight is 286 g/mol. The van der Waals surface area contributed by atoms with Crippen LogP contribution in [-0.4, -0.2) is 40.3 Å². The Hall–Kier alpha value is -1.72. The lowest BCUT2D eigenvalue weighted by Crippen LogP contribution is -2.23. The van der Waals surface area contributed by atoms with Crippen LogP contribution in [0.4, 0.5) is 0 Å². The molecule has 2 heterocycles. The molecule has 0 unspecified atom stereocenters. The molecule has 2 aromatic rings. The zero-order chi connectivity index (χ0) is 14.7. The van der Waals surface area contributed by atoms with Crippen LogP contribution < -0.4 is 0 Å². The van der Waals surface area contributed by atoms with Gasteiger partial charge in [-0.3, -0.25) is 10.00 Å². The molecule has 1 aromatic heterocycles. The highest BCUT2D eigenvalue weighted by Crippen LogP contribution is 2.27. The van der Waals surface area contributed by atoms with E-state index in [0.29, 0.717) is 12.6 Å². The average Bonchev–Trinajstić information content (AvgIpc) is 3.18. The monoisotopic (exact) mass is 286 g/mol. The van der Waals surface area contributed by atoms with Gasteiger partial charge in [0.1, 0.15) is 6.61 Å². The summed E-state index contributed by atoms with van der Waals surface area (Å²) in [6.07, 6.45) is 2.62. The van der Waals surface area contributed by atoms with Crippen LogP contribution >= 0.6 is 0 Å². The van der Waals surface area contributed by atoms with Crippen molar-refractivity contribution in [3.8, 4) is 11.4 Å². The number of likely N-dealkylation sites (tertiary alicyclic amines) is 1. The van der Waals surface area contributed by atoms with Gasteiger partial charge in [0.15, 0.2) is 11.6 Å². The van der Waals surface area contributed by atoms with Crippen LogP contribution in [0.3, 0.4) is 0 Å². The summed E-state index contributed by atoms with van der Waals surface area (Å²) in [5.41, 5.74) is 2.38. The van der Waals surface area contributed by atoms with Gasteiger partial charge in [0.2, 0.25) is 0 Å². The highest BCUT2D eigenvalue weighted by molar-refractivity contribution is 5.56. The molecular formula is C16H22N4O. The SMILES string of the molecule is COCc1nc(-c2cccc([C@@H](C)N3CCCC3)c2)n[nH]1. The van der Waals surface area contributed by atoms with Crippen LogP contribution in [0.5, 0.6) is 0 Å². The first kappa shape index (κ1) is 14.2. The van der Waals surface area contributed by atoms with Crippen LogP contribution in [-0.2, 0) is 11.3 Å². The van der Waals surface area contributed by atoms with E-state index < -0.39 is 0 Å². The fourth-order valence-corrected chi connectivity index (χ4v) is 2.90. The number of rotatable bonds is 5. The highest BCUT2D eigenvalue weighted by Gasteiger charge is 2.19. The van der Waals surface area contributed by atoms with E-state index in [-0.39, 0.29) is 0 Å². The summed E-state index contributed by atoms with van der Waals surface area (Å²) in [5, 5.41) is 7.19. The first-order valence-corrected chi connectivity index (χ1v) is 7.52. The predicted octanol–water partition coefficient (Wildman–Crippen LogP) is 2.77. The molecule has 1 atom stereocenters. The van der Waals surface area contributed by atoms with Crippen molar-refractivity contribution in [1.29, 1.82) is 0 Å². The van der Waals surface area contributed by atoms with Gasteiger partial charge < -0.3 is 4.74 Å². The Morgan fingerprint density at radius 2 is 2.14 bits per heavy atom. The maximum atomic E-state index is 5.07. The van der Waals surface area contributed by atoms with Gasteiger partial charge in [-0.2, -0.15) is 5.10 Å². The van der Waals surface area contributed by atoms with Crippen LogP contribution in [0, 0.1) is 0 Å². The molecule has 1 aliphatic heterocycles. The lowest BCUT2D eigenvalue weighted by atomic mass is 10.0. The zero-order valence-electron chi connectivity index (χ0n) is 12.7. The minimum absolute atomic E-state index is 0.449. The molecular weight excluding hydrogens is 264 g/mol. The lowest BCUT2D eigenvalue weighted by Gasteiger charge is -2.24. The van der Waals surface area contributed by atoms with Crippen LogP contribution in [0.15, 0.2) is 24.3 Å². The molecule has 0 spiro atoms. The molecule has 1 fully saturated rings.